The van der Waals surface area contributed by atoms with E-state index in [1.54, 1.807) is 0 Å². The van der Waals surface area contributed by atoms with Crippen LogP contribution < -0.4 is 5.32 Å². The minimum absolute atomic E-state index is 0.0172. The van der Waals surface area contributed by atoms with E-state index in [2.05, 4.69) is 33.0 Å². The summed E-state index contributed by atoms with van der Waals surface area (Å²) in [6.07, 6.45) is 2.68. The fourth-order valence-corrected chi connectivity index (χ4v) is 1.25. The summed E-state index contributed by atoms with van der Waals surface area (Å²) in [6.45, 7) is 9.45. The molecule has 2 nitrogen and oxygen atoms in total. The van der Waals surface area contributed by atoms with E-state index in [0.717, 1.165) is 13.0 Å². The third kappa shape index (κ3) is 6.62. The molecule has 0 radical (unpaired) electrons. The molecule has 0 saturated heterocycles. The Labute approximate surface area is 76.7 Å². The van der Waals surface area contributed by atoms with Gasteiger partial charge in [0.2, 0.25) is 0 Å². The first-order valence-electron chi connectivity index (χ1n) is 4.82. The predicted octanol–water partition coefficient (Wildman–Crippen LogP) is 2.19. The molecule has 0 aromatic carbocycles. The van der Waals surface area contributed by atoms with Gasteiger partial charge in [-0.2, -0.15) is 0 Å². The Morgan fingerprint density at radius 1 is 1.33 bits per heavy atom. The van der Waals surface area contributed by atoms with Crippen molar-refractivity contribution in [3.05, 3.63) is 0 Å². The lowest BCUT2D eigenvalue weighted by atomic mass is 10.1. The van der Waals surface area contributed by atoms with E-state index in [1.807, 2.05) is 7.05 Å². The highest BCUT2D eigenvalue weighted by molar-refractivity contribution is 4.67. The Hall–Kier alpha value is -0.0800. The lowest BCUT2D eigenvalue weighted by molar-refractivity contribution is -0.0611. The lowest BCUT2D eigenvalue weighted by Crippen LogP contribution is -2.34. The van der Waals surface area contributed by atoms with Gasteiger partial charge in [-0.15, -0.1) is 0 Å². The van der Waals surface area contributed by atoms with Crippen LogP contribution in [0.1, 0.15) is 40.5 Å². The highest BCUT2D eigenvalue weighted by atomic mass is 16.5. The molecular formula is C10H23NO. The fourth-order valence-electron chi connectivity index (χ4n) is 1.25. The largest absolute Gasteiger partial charge is 0.371 e. The maximum Gasteiger partial charge on any atom is 0.0706 e. The van der Waals surface area contributed by atoms with Gasteiger partial charge in [0.25, 0.3) is 0 Å². The van der Waals surface area contributed by atoms with Gasteiger partial charge in [0.05, 0.1) is 11.7 Å². The van der Waals surface area contributed by atoms with Crippen LogP contribution in [0.4, 0.5) is 0 Å². The maximum absolute atomic E-state index is 5.86. The highest BCUT2D eigenvalue weighted by Crippen LogP contribution is 2.13. The Balaban J connectivity index is 3.77. The van der Waals surface area contributed by atoms with Crippen molar-refractivity contribution in [1.29, 1.82) is 0 Å². The molecule has 1 atom stereocenters. The fraction of sp³-hybridized carbons (Fsp3) is 1.00. The molecule has 0 aliphatic carbocycles. The molecule has 0 bridgehead atoms. The first kappa shape index (κ1) is 11.9. The van der Waals surface area contributed by atoms with Crippen molar-refractivity contribution >= 4 is 0 Å². The number of nitrogens with one attached hydrogen (secondary N) is 1. The molecule has 0 aliphatic rings. The SMILES string of the molecule is CCCC(CNC)OC(C)(C)C. The van der Waals surface area contributed by atoms with Crippen molar-refractivity contribution in [1.82, 2.24) is 5.32 Å². The quantitative estimate of drug-likeness (QED) is 0.688. The average Bonchev–Trinajstić information content (AvgIpc) is 1.84. The van der Waals surface area contributed by atoms with E-state index < -0.39 is 0 Å². The Kier molecular flexibility index (Phi) is 5.51. The summed E-state index contributed by atoms with van der Waals surface area (Å²) in [5, 5.41) is 3.15. The van der Waals surface area contributed by atoms with Crippen molar-refractivity contribution < 1.29 is 4.74 Å². The first-order valence-corrected chi connectivity index (χ1v) is 4.82. The van der Waals surface area contributed by atoms with E-state index in [-0.39, 0.29) is 5.60 Å². The molecule has 1 unspecified atom stereocenters. The van der Waals surface area contributed by atoms with Crippen molar-refractivity contribution in [2.45, 2.75) is 52.2 Å². The molecule has 0 saturated carbocycles. The molecule has 12 heavy (non-hydrogen) atoms. The first-order chi connectivity index (χ1) is 5.49. The number of hydrogen-bond acceptors (Lipinski definition) is 2. The topological polar surface area (TPSA) is 21.3 Å². The van der Waals surface area contributed by atoms with E-state index in [0.29, 0.717) is 6.10 Å². The number of ether oxygens (including phenoxy) is 1. The summed E-state index contributed by atoms with van der Waals surface area (Å²) < 4.78 is 5.86. The normalized spacial score (nSPS) is 14.8. The second kappa shape index (κ2) is 5.55. The summed E-state index contributed by atoms with van der Waals surface area (Å²) in [5.74, 6) is 0. The number of likely N-dealkylation sites (N-methyl/N-ethyl adjacent to an activating group) is 1. The molecule has 74 valence electrons. The van der Waals surface area contributed by atoms with Crippen molar-refractivity contribution in [2.75, 3.05) is 13.6 Å². The monoisotopic (exact) mass is 173 g/mol. The molecule has 0 spiro atoms. The molecule has 0 aliphatic heterocycles. The van der Waals surface area contributed by atoms with Gasteiger partial charge >= 0.3 is 0 Å². The molecule has 0 aromatic heterocycles. The molecule has 0 heterocycles. The van der Waals surface area contributed by atoms with Gasteiger partial charge in [-0.25, -0.2) is 0 Å². The summed E-state index contributed by atoms with van der Waals surface area (Å²) in [4.78, 5) is 0. The van der Waals surface area contributed by atoms with Crippen molar-refractivity contribution in [2.24, 2.45) is 0 Å². The minimum atomic E-state index is -0.0172. The second-order valence-electron chi connectivity index (χ2n) is 4.20. The van der Waals surface area contributed by atoms with Crippen molar-refractivity contribution in [3.8, 4) is 0 Å². The summed E-state index contributed by atoms with van der Waals surface area (Å²) in [7, 11) is 1.97. The van der Waals surface area contributed by atoms with Crippen LogP contribution in [0.2, 0.25) is 0 Å². The molecular weight excluding hydrogens is 150 g/mol. The van der Waals surface area contributed by atoms with Crippen LogP contribution >= 0.6 is 0 Å². The molecule has 0 aromatic rings. The van der Waals surface area contributed by atoms with Crippen LogP contribution in [-0.4, -0.2) is 25.3 Å². The van der Waals surface area contributed by atoms with Gasteiger partial charge in [-0.05, 0) is 34.2 Å². The van der Waals surface area contributed by atoms with E-state index in [9.17, 15) is 0 Å². The molecule has 0 amide bonds. The van der Waals surface area contributed by atoms with Crippen LogP contribution in [0.15, 0.2) is 0 Å². The molecule has 2 heteroatoms. The molecule has 0 rings (SSSR count). The van der Waals surface area contributed by atoms with E-state index in [1.165, 1.54) is 6.42 Å². The summed E-state index contributed by atoms with van der Waals surface area (Å²) in [5.41, 5.74) is -0.0172. The summed E-state index contributed by atoms with van der Waals surface area (Å²) in [6, 6.07) is 0. The average molecular weight is 173 g/mol. The number of rotatable bonds is 5. The number of hydrogen-bond donors (Lipinski definition) is 1. The van der Waals surface area contributed by atoms with Crippen LogP contribution in [0.5, 0.6) is 0 Å². The third-order valence-corrected chi connectivity index (χ3v) is 1.56. The Morgan fingerprint density at radius 3 is 2.25 bits per heavy atom. The Bertz CT molecular complexity index is 101. The third-order valence-electron chi connectivity index (χ3n) is 1.56. The van der Waals surface area contributed by atoms with Gasteiger partial charge < -0.3 is 10.1 Å². The van der Waals surface area contributed by atoms with Crippen LogP contribution in [0.3, 0.4) is 0 Å². The van der Waals surface area contributed by atoms with E-state index in [4.69, 9.17) is 4.74 Å². The maximum atomic E-state index is 5.86. The lowest BCUT2D eigenvalue weighted by Gasteiger charge is -2.27. The smallest absolute Gasteiger partial charge is 0.0706 e. The van der Waals surface area contributed by atoms with Crippen LogP contribution in [0, 0.1) is 0 Å². The minimum Gasteiger partial charge on any atom is -0.371 e. The molecule has 0 fully saturated rings. The zero-order chi connectivity index (χ0) is 9.61. The van der Waals surface area contributed by atoms with E-state index >= 15 is 0 Å². The van der Waals surface area contributed by atoms with Crippen LogP contribution in [0.25, 0.3) is 0 Å². The summed E-state index contributed by atoms with van der Waals surface area (Å²) >= 11 is 0. The van der Waals surface area contributed by atoms with Gasteiger partial charge in [0.15, 0.2) is 0 Å². The van der Waals surface area contributed by atoms with Gasteiger partial charge in [0.1, 0.15) is 0 Å². The van der Waals surface area contributed by atoms with Gasteiger partial charge in [0, 0.05) is 6.54 Å². The zero-order valence-corrected chi connectivity index (χ0v) is 9.11. The predicted molar refractivity (Wildman–Crippen MR) is 53.5 cm³/mol. The highest BCUT2D eigenvalue weighted by Gasteiger charge is 2.16. The Morgan fingerprint density at radius 2 is 1.92 bits per heavy atom. The standard InChI is InChI=1S/C10H23NO/c1-6-7-9(8-11-5)12-10(2,3)4/h9,11H,6-8H2,1-5H3. The molecule has 1 N–H and O–H groups in total. The second-order valence-corrected chi connectivity index (χ2v) is 4.20. The van der Waals surface area contributed by atoms with Crippen LogP contribution in [-0.2, 0) is 4.74 Å². The van der Waals surface area contributed by atoms with Gasteiger partial charge in [-0.1, -0.05) is 13.3 Å². The van der Waals surface area contributed by atoms with Gasteiger partial charge in [-0.3, -0.25) is 0 Å². The zero-order valence-electron chi connectivity index (χ0n) is 9.11. The van der Waals surface area contributed by atoms with Crippen molar-refractivity contribution in [3.63, 3.8) is 0 Å².